The number of rotatable bonds is 7. The summed E-state index contributed by atoms with van der Waals surface area (Å²) in [5.74, 6) is 0.982. The number of ether oxygens (including phenoxy) is 2. The lowest BCUT2D eigenvalue weighted by Gasteiger charge is -2.15. The molecule has 2 rings (SSSR count). The first-order valence-electron chi connectivity index (χ1n) is 7.52. The second-order valence-electron chi connectivity index (χ2n) is 5.19. The summed E-state index contributed by atoms with van der Waals surface area (Å²) in [7, 11) is 1.27. The second-order valence-corrected chi connectivity index (χ2v) is 5.19. The molecule has 0 bridgehead atoms. The molecule has 2 N–H and O–H groups in total. The Hall–Kier alpha value is -2.74. The van der Waals surface area contributed by atoms with Crippen LogP contribution in [0.4, 0.5) is 16.7 Å². The van der Waals surface area contributed by atoms with Gasteiger partial charge in [0.05, 0.1) is 20.3 Å². The van der Waals surface area contributed by atoms with Crippen LogP contribution in [0, 0.1) is 6.92 Å². The van der Waals surface area contributed by atoms with Crippen LogP contribution in [-0.4, -0.2) is 40.8 Å². The van der Waals surface area contributed by atoms with Gasteiger partial charge in [-0.2, -0.15) is 15.0 Å². The van der Waals surface area contributed by atoms with E-state index >= 15 is 0 Å². The minimum atomic E-state index is -0.634. The van der Waals surface area contributed by atoms with Gasteiger partial charge in [0.2, 0.25) is 11.9 Å². The lowest BCUT2D eigenvalue weighted by atomic mass is 10.2. The summed E-state index contributed by atoms with van der Waals surface area (Å²) in [6, 6.07) is 9.93. The summed E-state index contributed by atoms with van der Waals surface area (Å²) >= 11 is 0. The van der Waals surface area contributed by atoms with E-state index in [4.69, 9.17) is 4.74 Å². The van der Waals surface area contributed by atoms with Crippen molar-refractivity contribution in [2.24, 2.45) is 0 Å². The van der Waals surface area contributed by atoms with Crippen LogP contribution in [0.15, 0.2) is 30.3 Å². The topological polar surface area (TPSA) is 98.3 Å². The zero-order valence-electron chi connectivity index (χ0n) is 13.9. The van der Waals surface area contributed by atoms with Gasteiger partial charge in [0.1, 0.15) is 5.82 Å². The molecule has 0 aliphatic rings. The molecule has 8 nitrogen and oxygen atoms in total. The number of hydrogen-bond acceptors (Lipinski definition) is 7. The molecule has 1 unspecified atom stereocenters. The number of nitrogens with one attached hydrogen (secondary N) is 2. The summed E-state index contributed by atoms with van der Waals surface area (Å²) in [6.07, 6.45) is -0.634. The molecule has 0 saturated heterocycles. The van der Waals surface area contributed by atoms with Crippen LogP contribution in [0.25, 0.3) is 0 Å². The maximum atomic E-state index is 11.2. The SMILES string of the molecule is COC(=O)Nc1nc(C)nc(NC(C)COCc2ccccc2)n1. The molecular formula is C16H21N5O3. The van der Waals surface area contributed by atoms with Crippen LogP contribution in [-0.2, 0) is 16.1 Å². The lowest BCUT2D eigenvalue weighted by molar-refractivity contribution is 0.115. The number of nitrogens with zero attached hydrogens (tertiary/aromatic N) is 3. The van der Waals surface area contributed by atoms with Gasteiger partial charge in [-0.3, -0.25) is 5.32 Å². The number of amides is 1. The van der Waals surface area contributed by atoms with Crippen LogP contribution < -0.4 is 10.6 Å². The van der Waals surface area contributed by atoms with Gasteiger partial charge in [0.15, 0.2) is 0 Å². The number of aryl methyl sites for hydroxylation is 1. The van der Waals surface area contributed by atoms with E-state index in [1.165, 1.54) is 7.11 Å². The first-order chi connectivity index (χ1) is 11.6. The minimum absolute atomic E-state index is 0.0125. The van der Waals surface area contributed by atoms with Crippen molar-refractivity contribution >= 4 is 18.0 Å². The number of benzene rings is 1. The molecule has 1 aromatic carbocycles. The van der Waals surface area contributed by atoms with Crippen molar-refractivity contribution in [1.82, 2.24) is 15.0 Å². The largest absolute Gasteiger partial charge is 0.453 e. The Morgan fingerprint density at radius 3 is 2.58 bits per heavy atom. The molecule has 0 fully saturated rings. The van der Waals surface area contributed by atoms with Gasteiger partial charge in [-0.05, 0) is 19.4 Å². The molecular weight excluding hydrogens is 310 g/mol. The number of hydrogen-bond donors (Lipinski definition) is 2. The molecule has 2 aromatic rings. The normalized spacial score (nSPS) is 11.6. The second kappa shape index (κ2) is 8.78. The molecule has 0 aliphatic heterocycles. The van der Waals surface area contributed by atoms with Gasteiger partial charge >= 0.3 is 6.09 Å². The third-order valence-electron chi connectivity index (χ3n) is 3.00. The van der Waals surface area contributed by atoms with E-state index in [0.717, 1.165) is 5.56 Å². The molecule has 0 aliphatic carbocycles. The number of carbonyl (C=O) groups is 1. The zero-order chi connectivity index (χ0) is 17.4. The van der Waals surface area contributed by atoms with Crippen LogP contribution in [0.2, 0.25) is 0 Å². The molecule has 128 valence electrons. The fraction of sp³-hybridized carbons (Fsp3) is 0.375. The van der Waals surface area contributed by atoms with Crippen LogP contribution in [0.5, 0.6) is 0 Å². The summed E-state index contributed by atoms with van der Waals surface area (Å²) in [4.78, 5) is 23.6. The summed E-state index contributed by atoms with van der Waals surface area (Å²) in [5.41, 5.74) is 1.12. The first kappa shape index (κ1) is 17.6. The highest BCUT2D eigenvalue weighted by Crippen LogP contribution is 2.08. The Labute approximate surface area is 140 Å². The fourth-order valence-electron chi connectivity index (χ4n) is 1.93. The third kappa shape index (κ3) is 5.81. The molecule has 0 spiro atoms. The molecule has 1 amide bonds. The van der Waals surface area contributed by atoms with Crippen molar-refractivity contribution in [2.45, 2.75) is 26.5 Å². The monoisotopic (exact) mass is 331 g/mol. The highest BCUT2D eigenvalue weighted by atomic mass is 16.5. The molecule has 24 heavy (non-hydrogen) atoms. The summed E-state index contributed by atoms with van der Waals surface area (Å²) in [5, 5.41) is 5.54. The van der Waals surface area contributed by atoms with E-state index in [0.29, 0.717) is 25.0 Å². The molecule has 0 radical (unpaired) electrons. The Morgan fingerprint density at radius 1 is 1.17 bits per heavy atom. The van der Waals surface area contributed by atoms with Crippen molar-refractivity contribution in [2.75, 3.05) is 24.4 Å². The van der Waals surface area contributed by atoms with Gasteiger partial charge < -0.3 is 14.8 Å². The fourth-order valence-corrected chi connectivity index (χ4v) is 1.93. The molecule has 1 heterocycles. The van der Waals surface area contributed by atoms with E-state index < -0.39 is 6.09 Å². The predicted molar refractivity (Wildman–Crippen MR) is 89.8 cm³/mol. The van der Waals surface area contributed by atoms with E-state index in [1.54, 1.807) is 6.92 Å². The van der Waals surface area contributed by atoms with Crippen molar-refractivity contribution in [3.8, 4) is 0 Å². The zero-order valence-corrected chi connectivity index (χ0v) is 13.9. The Balaban J connectivity index is 1.86. The predicted octanol–water partition coefficient (Wildman–Crippen LogP) is 2.38. The third-order valence-corrected chi connectivity index (χ3v) is 3.00. The van der Waals surface area contributed by atoms with Crippen molar-refractivity contribution in [1.29, 1.82) is 0 Å². The van der Waals surface area contributed by atoms with Gasteiger partial charge in [0.25, 0.3) is 0 Å². The maximum absolute atomic E-state index is 11.2. The standard InChI is InChI=1S/C16H21N5O3/c1-11(9-24-10-13-7-5-4-6-8-13)17-14-18-12(2)19-15(20-14)21-16(22)23-3/h4-8,11H,9-10H2,1-3H3,(H2,17,18,19,20,21,22). The number of methoxy groups -OCH3 is 1. The average Bonchev–Trinajstić information content (AvgIpc) is 2.55. The lowest BCUT2D eigenvalue weighted by Crippen LogP contribution is -2.24. The van der Waals surface area contributed by atoms with Gasteiger partial charge in [-0.1, -0.05) is 30.3 Å². The Bertz CT molecular complexity index is 666. The van der Waals surface area contributed by atoms with Crippen molar-refractivity contribution < 1.29 is 14.3 Å². The Kier molecular flexibility index (Phi) is 6.44. The van der Waals surface area contributed by atoms with Crippen LogP contribution >= 0.6 is 0 Å². The highest BCUT2D eigenvalue weighted by molar-refractivity contribution is 5.82. The summed E-state index contributed by atoms with van der Waals surface area (Å²) in [6.45, 7) is 4.70. The maximum Gasteiger partial charge on any atom is 0.413 e. The van der Waals surface area contributed by atoms with E-state index in [9.17, 15) is 4.79 Å². The van der Waals surface area contributed by atoms with Gasteiger partial charge in [0, 0.05) is 6.04 Å². The molecule has 8 heteroatoms. The number of carbonyl (C=O) groups excluding carboxylic acids is 1. The molecule has 1 atom stereocenters. The van der Waals surface area contributed by atoms with Crippen LogP contribution in [0.3, 0.4) is 0 Å². The molecule has 1 aromatic heterocycles. The minimum Gasteiger partial charge on any atom is -0.453 e. The van der Waals surface area contributed by atoms with Crippen LogP contribution in [0.1, 0.15) is 18.3 Å². The highest BCUT2D eigenvalue weighted by Gasteiger charge is 2.10. The van der Waals surface area contributed by atoms with E-state index in [2.05, 4.69) is 30.3 Å². The molecule has 0 saturated carbocycles. The number of aromatic nitrogens is 3. The van der Waals surface area contributed by atoms with Gasteiger partial charge in [-0.15, -0.1) is 0 Å². The quantitative estimate of drug-likeness (QED) is 0.803. The van der Waals surface area contributed by atoms with Crippen molar-refractivity contribution in [3.63, 3.8) is 0 Å². The summed E-state index contributed by atoms with van der Waals surface area (Å²) < 4.78 is 10.2. The van der Waals surface area contributed by atoms with E-state index in [-0.39, 0.29) is 12.0 Å². The average molecular weight is 331 g/mol. The first-order valence-corrected chi connectivity index (χ1v) is 7.52. The van der Waals surface area contributed by atoms with E-state index in [1.807, 2.05) is 37.3 Å². The smallest absolute Gasteiger partial charge is 0.413 e. The van der Waals surface area contributed by atoms with Gasteiger partial charge in [-0.25, -0.2) is 4.79 Å². The van der Waals surface area contributed by atoms with Crippen molar-refractivity contribution in [3.05, 3.63) is 41.7 Å². The number of anilines is 2. The Morgan fingerprint density at radius 2 is 1.88 bits per heavy atom.